The van der Waals surface area contributed by atoms with Crippen LogP contribution in [-0.2, 0) is 16.1 Å². The molecule has 25 heavy (non-hydrogen) atoms. The largest absolute Gasteiger partial charge is 0.480 e. The zero-order valence-corrected chi connectivity index (χ0v) is 15.0. The van der Waals surface area contributed by atoms with E-state index in [0.29, 0.717) is 19.3 Å². The van der Waals surface area contributed by atoms with Crippen molar-refractivity contribution in [3.63, 3.8) is 0 Å². The number of carbonyl (C=O) groups excluding carboxylic acids is 1. The fourth-order valence-electron chi connectivity index (χ4n) is 2.90. The number of imidazole rings is 1. The predicted molar refractivity (Wildman–Crippen MR) is 95.1 cm³/mol. The molecule has 2 aromatic rings. The van der Waals surface area contributed by atoms with Gasteiger partial charge in [0.2, 0.25) is 5.91 Å². The van der Waals surface area contributed by atoms with Crippen LogP contribution in [0.5, 0.6) is 0 Å². The molecule has 0 aliphatic rings. The first-order valence-electron chi connectivity index (χ1n) is 8.67. The molecule has 2 N–H and O–H groups in total. The van der Waals surface area contributed by atoms with Crippen molar-refractivity contribution in [2.45, 2.75) is 59.0 Å². The van der Waals surface area contributed by atoms with Gasteiger partial charge in [-0.05, 0) is 38.2 Å². The molecule has 7 nitrogen and oxygen atoms in total. The number of aliphatic carboxylic acids is 1. The molecule has 2 rings (SSSR count). The Kier molecular flexibility index (Phi) is 6.50. The highest BCUT2D eigenvalue weighted by atomic mass is 16.4. The summed E-state index contributed by atoms with van der Waals surface area (Å²) in [5, 5.41) is 11.8. The van der Waals surface area contributed by atoms with Crippen molar-refractivity contribution in [3.05, 3.63) is 24.3 Å². The lowest BCUT2D eigenvalue weighted by Gasteiger charge is -2.16. The number of rotatable bonds is 9. The smallest absolute Gasteiger partial charge is 0.326 e. The number of nitrogens with zero attached hydrogens (tertiary/aromatic N) is 3. The fraction of sp³-hybridized carbons (Fsp3) is 0.556. The topological polar surface area (TPSA) is 97.1 Å². The monoisotopic (exact) mass is 346 g/mol. The van der Waals surface area contributed by atoms with Crippen molar-refractivity contribution in [3.8, 4) is 0 Å². The second-order valence-corrected chi connectivity index (χ2v) is 6.72. The van der Waals surface area contributed by atoms with Gasteiger partial charge in [-0.3, -0.25) is 9.78 Å². The van der Waals surface area contributed by atoms with Crippen molar-refractivity contribution >= 4 is 22.9 Å². The van der Waals surface area contributed by atoms with E-state index in [-0.39, 0.29) is 11.8 Å². The van der Waals surface area contributed by atoms with Gasteiger partial charge in [0.25, 0.3) is 0 Å². The summed E-state index contributed by atoms with van der Waals surface area (Å²) in [7, 11) is 0. The van der Waals surface area contributed by atoms with Crippen LogP contribution in [0.3, 0.4) is 0 Å². The zero-order valence-electron chi connectivity index (χ0n) is 15.0. The second kappa shape index (κ2) is 8.60. The van der Waals surface area contributed by atoms with Gasteiger partial charge in [-0.2, -0.15) is 0 Å². The van der Waals surface area contributed by atoms with E-state index in [1.165, 1.54) is 0 Å². The van der Waals surface area contributed by atoms with E-state index in [0.717, 1.165) is 29.8 Å². The third kappa shape index (κ3) is 5.27. The number of hydrogen-bond donors (Lipinski definition) is 2. The van der Waals surface area contributed by atoms with Gasteiger partial charge < -0.3 is 15.0 Å². The molecule has 0 saturated carbocycles. The van der Waals surface area contributed by atoms with E-state index < -0.39 is 12.0 Å². The third-order valence-corrected chi connectivity index (χ3v) is 4.12. The van der Waals surface area contributed by atoms with Gasteiger partial charge >= 0.3 is 5.97 Å². The maximum atomic E-state index is 12.0. The Morgan fingerprint density at radius 3 is 2.76 bits per heavy atom. The summed E-state index contributed by atoms with van der Waals surface area (Å²) >= 11 is 0. The van der Waals surface area contributed by atoms with Crippen LogP contribution in [0, 0.1) is 12.8 Å². The normalized spacial score (nSPS) is 12.5. The lowest BCUT2D eigenvalue weighted by atomic mass is 10.0. The molecule has 1 atom stereocenters. The summed E-state index contributed by atoms with van der Waals surface area (Å²) in [6.07, 6.45) is 5.78. The van der Waals surface area contributed by atoms with Crippen molar-refractivity contribution < 1.29 is 14.7 Å². The minimum atomic E-state index is -0.976. The number of nitrogens with one attached hydrogen (secondary N) is 1. The molecule has 0 unspecified atom stereocenters. The summed E-state index contributed by atoms with van der Waals surface area (Å²) in [5.74, 6) is -0.0376. The van der Waals surface area contributed by atoms with Gasteiger partial charge in [0.1, 0.15) is 17.4 Å². The molecule has 136 valence electrons. The minimum Gasteiger partial charge on any atom is -0.480 e. The summed E-state index contributed by atoms with van der Waals surface area (Å²) in [6.45, 7) is 6.61. The Morgan fingerprint density at radius 1 is 1.32 bits per heavy atom. The molecule has 0 saturated heterocycles. The third-order valence-electron chi connectivity index (χ3n) is 4.12. The zero-order chi connectivity index (χ0) is 18.4. The van der Waals surface area contributed by atoms with E-state index in [9.17, 15) is 9.59 Å². The van der Waals surface area contributed by atoms with Crippen molar-refractivity contribution in [2.24, 2.45) is 5.92 Å². The average molecular weight is 346 g/mol. The molecule has 0 aromatic carbocycles. The fourth-order valence-corrected chi connectivity index (χ4v) is 2.90. The first-order valence-corrected chi connectivity index (χ1v) is 8.67. The van der Waals surface area contributed by atoms with Crippen molar-refractivity contribution in [1.29, 1.82) is 0 Å². The number of aromatic nitrogens is 3. The number of carbonyl (C=O) groups is 2. The molecular formula is C18H26N4O3. The molecular weight excluding hydrogens is 320 g/mol. The van der Waals surface area contributed by atoms with Crippen LogP contribution >= 0.6 is 0 Å². The Balaban J connectivity index is 1.81. The van der Waals surface area contributed by atoms with Gasteiger partial charge in [0.05, 0.1) is 11.7 Å². The van der Waals surface area contributed by atoms with E-state index >= 15 is 0 Å². The van der Waals surface area contributed by atoms with Crippen LogP contribution in [0.1, 0.15) is 45.4 Å². The van der Waals surface area contributed by atoms with E-state index in [2.05, 4.69) is 19.9 Å². The van der Waals surface area contributed by atoms with E-state index in [4.69, 9.17) is 5.11 Å². The number of aryl methyl sites for hydroxylation is 2. The number of pyridine rings is 1. The standard InChI is InChI=1S/C18H26N4O3/c1-12(2)10-14(18(24)25)21-17(23)6-4-5-9-22-13(3)20-15-11-19-8-7-16(15)22/h7-8,11-12,14H,4-6,9-10H2,1-3H3,(H,21,23)(H,24,25)/t14-/m0/s1. The van der Waals surface area contributed by atoms with Gasteiger partial charge in [0.15, 0.2) is 0 Å². The Hall–Kier alpha value is -2.44. The quantitative estimate of drug-likeness (QED) is 0.680. The molecule has 2 aromatic heterocycles. The molecule has 0 bridgehead atoms. The lowest BCUT2D eigenvalue weighted by molar-refractivity contribution is -0.142. The van der Waals surface area contributed by atoms with Crippen LogP contribution in [0.25, 0.3) is 11.0 Å². The summed E-state index contributed by atoms with van der Waals surface area (Å²) in [4.78, 5) is 31.7. The maximum absolute atomic E-state index is 12.0. The van der Waals surface area contributed by atoms with Crippen molar-refractivity contribution in [2.75, 3.05) is 0 Å². The number of unbranched alkanes of at least 4 members (excludes halogenated alkanes) is 1. The first-order chi connectivity index (χ1) is 11.9. The van der Waals surface area contributed by atoms with E-state index in [1.54, 1.807) is 12.4 Å². The Labute approximate surface area is 147 Å². The van der Waals surface area contributed by atoms with Gasteiger partial charge in [-0.25, -0.2) is 9.78 Å². The highest BCUT2D eigenvalue weighted by Crippen LogP contribution is 2.15. The molecule has 0 spiro atoms. The number of carboxylic acids is 1. The molecule has 0 aliphatic carbocycles. The minimum absolute atomic E-state index is 0.204. The van der Waals surface area contributed by atoms with Gasteiger partial charge in [-0.15, -0.1) is 0 Å². The molecule has 1 amide bonds. The molecule has 0 radical (unpaired) electrons. The van der Waals surface area contributed by atoms with Gasteiger partial charge in [-0.1, -0.05) is 13.8 Å². The Morgan fingerprint density at radius 2 is 2.08 bits per heavy atom. The SMILES string of the molecule is Cc1nc2cnccc2n1CCCCC(=O)N[C@@H](CC(C)C)C(=O)O. The highest BCUT2D eigenvalue weighted by molar-refractivity contribution is 5.83. The van der Waals surface area contributed by atoms with Crippen molar-refractivity contribution in [1.82, 2.24) is 19.9 Å². The predicted octanol–water partition coefficient (Wildman–Crippen LogP) is 2.53. The molecule has 0 aliphatic heterocycles. The van der Waals surface area contributed by atoms with E-state index in [1.807, 2.05) is 26.8 Å². The molecule has 0 fully saturated rings. The number of hydrogen-bond acceptors (Lipinski definition) is 4. The highest BCUT2D eigenvalue weighted by Gasteiger charge is 2.20. The van der Waals surface area contributed by atoms with Crippen LogP contribution in [-0.4, -0.2) is 37.6 Å². The molecule has 2 heterocycles. The number of carboxylic acid groups (broad SMARTS) is 1. The average Bonchev–Trinajstić information content (AvgIpc) is 2.86. The van der Waals surface area contributed by atoms with Crippen LogP contribution in [0.2, 0.25) is 0 Å². The maximum Gasteiger partial charge on any atom is 0.326 e. The van der Waals surface area contributed by atoms with Crippen LogP contribution in [0.4, 0.5) is 0 Å². The summed E-state index contributed by atoms with van der Waals surface area (Å²) < 4.78 is 2.12. The summed E-state index contributed by atoms with van der Waals surface area (Å²) in [5.41, 5.74) is 1.91. The van der Waals surface area contributed by atoms with Crippen LogP contribution < -0.4 is 5.32 Å². The first kappa shape index (κ1) is 18.9. The summed E-state index contributed by atoms with van der Waals surface area (Å²) in [6, 6.07) is 1.13. The second-order valence-electron chi connectivity index (χ2n) is 6.72. The van der Waals surface area contributed by atoms with Crippen LogP contribution in [0.15, 0.2) is 18.5 Å². The van der Waals surface area contributed by atoms with Gasteiger partial charge in [0, 0.05) is 19.2 Å². The molecule has 7 heteroatoms. The Bertz CT molecular complexity index is 739. The number of amides is 1. The number of fused-ring (bicyclic) bond motifs is 1. The lowest BCUT2D eigenvalue weighted by Crippen LogP contribution is -2.41.